The number of hydrogen-bond donors (Lipinski definition) is 2. The van der Waals surface area contributed by atoms with Gasteiger partial charge in [-0.25, -0.2) is 0 Å². The fourth-order valence-electron chi connectivity index (χ4n) is 2.16. The molecular weight excluding hydrogens is 206 g/mol. The zero-order valence-electron chi connectivity index (χ0n) is 9.87. The molecule has 1 fully saturated rings. The molecule has 0 aromatic rings. The number of aliphatic hydroxyl groups excluding tert-OH is 1. The highest BCUT2D eigenvalue weighted by atomic mass is 32.2. The Morgan fingerprint density at radius 1 is 1.33 bits per heavy atom. The van der Waals surface area contributed by atoms with Crippen LogP contribution in [-0.4, -0.2) is 35.3 Å². The first-order valence-corrected chi connectivity index (χ1v) is 7.39. The maximum absolute atomic E-state index is 8.77. The molecule has 0 saturated heterocycles. The second-order valence-electron chi connectivity index (χ2n) is 4.33. The Kier molecular flexibility index (Phi) is 7.49. The van der Waals surface area contributed by atoms with Gasteiger partial charge in [0.15, 0.2) is 0 Å². The lowest BCUT2D eigenvalue weighted by Crippen LogP contribution is -2.41. The summed E-state index contributed by atoms with van der Waals surface area (Å²) in [4.78, 5) is 0. The van der Waals surface area contributed by atoms with E-state index in [1.165, 1.54) is 32.1 Å². The molecule has 2 nitrogen and oxygen atoms in total. The van der Waals surface area contributed by atoms with Crippen LogP contribution in [0, 0.1) is 0 Å². The van der Waals surface area contributed by atoms with E-state index < -0.39 is 0 Å². The third-order valence-corrected chi connectivity index (χ3v) is 4.51. The Balaban J connectivity index is 2.22. The SMILES string of the molecule is CCCNC1CCCCC1SCCCO. The van der Waals surface area contributed by atoms with Crippen molar-refractivity contribution in [3.8, 4) is 0 Å². The molecular formula is C12H25NOS. The van der Waals surface area contributed by atoms with E-state index in [1.54, 1.807) is 0 Å². The summed E-state index contributed by atoms with van der Waals surface area (Å²) >= 11 is 2.06. The molecule has 3 heteroatoms. The summed E-state index contributed by atoms with van der Waals surface area (Å²) < 4.78 is 0. The van der Waals surface area contributed by atoms with E-state index in [-0.39, 0.29) is 0 Å². The van der Waals surface area contributed by atoms with Gasteiger partial charge in [-0.05, 0) is 38.0 Å². The smallest absolute Gasteiger partial charge is 0.0438 e. The fourth-order valence-corrected chi connectivity index (χ4v) is 3.56. The van der Waals surface area contributed by atoms with Crippen LogP contribution in [0.15, 0.2) is 0 Å². The molecule has 2 N–H and O–H groups in total. The molecule has 0 radical (unpaired) electrons. The topological polar surface area (TPSA) is 32.3 Å². The van der Waals surface area contributed by atoms with Crippen LogP contribution in [0.1, 0.15) is 45.4 Å². The Morgan fingerprint density at radius 2 is 2.13 bits per heavy atom. The standard InChI is InChI=1S/C12H25NOS/c1-2-8-13-11-6-3-4-7-12(11)15-10-5-9-14/h11-14H,2-10H2,1H3. The molecule has 0 bridgehead atoms. The second kappa shape index (κ2) is 8.43. The third-order valence-electron chi connectivity index (χ3n) is 2.99. The van der Waals surface area contributed by atoms with Crippen LogP contribution in [0.4, 0.5) is 0 Å². The van der Waals surface area contributed by atoms with Crippen LogP contribution in [0.3, 0.4) is 0 Å². The Hall–Kier alpha value is 0.270. The van der Waals surface area contributed by atoms with Crippen LogP contribution in [0.5, 0.6) is 0 Å². The van der Waals surface area contributed by atoms with Crippen molar-refractivity contribution < 1.29 is 5.11 Å². The van der Waals surface area contributed by atoms with E-state index in [9.17, 15) is 0 Å². The lowest BCUT2D eigenvalue weighted by atomic mass is 9.95. The molecule has 0 aromatic heterocycles. The van der Waals surface area contributed by atoms with E-state index in [0.717, 1.165) is 30.0 Å². The van der Waals surface area contributed by atoms with Crippen molar-refractivity contribution in [1.29, 1.82) is 0 Å². The summed E-state index contributed by atoms with van der Waals surface area (Å²) in [6.45, 7) is 3.72. The van der Waals surface area contributed by atoms with Crippen LogP contribution in [0.2, 0.25) is 0 Å². The van der Waals surface area contributed by atoms with Crippen LogP contribution >= 0.6 is 11.8 Å². The molecule has 2 unspecified atom stereocenters. The normalized spacial score (nSPS) is 26.8. The highest BCUT2D eigenvalue weighted by Gasteiger charge is 2.24. The zero-order valence-corrected chi connectivity index (χ0v) is 10.7. The minimum atomic E-state index is 0.340. The first-order valence-electron chi connectivity index (χ1n) is 6.34. The van der Waals surface area contributed by atoms with Crippen molar-refractivity contribution in [2.45, 2.75) is 56.7 Å². The quantitative estimate of drug-likeness (QED) is 0.660. The molecule has 1 saturated carbocycles. The predicted octanol–water partition coefficient (Wildman–Crippen LogP) is 2.41. The Labute approximate surface area is 98.2 Å². The van der Waals surface area contributed by atoms with Crippen molar-refractivity contribution in [2.75, 3.05) is 18.9 Å². The predicted molar refractivity (Wildman–Crippen MR) is 68.5 cm³/mol. The first kappa shape index (κ1) is 13.3. The van der Waals surface area contributed by atoms with Crippen molar-refractivity contribution in [1.82, 2.24) is 5.32 Å². The van der Waals surface area contributed by atoms with Gasteiger partial charge in [0.1, 0.15) is 0 Å². The van der Waals surface area contributed by atoms with Gasteiger partial charge in [-0.2, -0.15) is 11.8 Å². The van der Waals surface area contributed by atoms with Gasteiger partial charge in [0, 0.05) is 17.9 Å². The van der Waals surface area contributed by atoms with Gasteiger partial charge in [-0.3, -0.25) is 0 Å². The zero-order chi connectivity index (χ0) is 10.9. The number of rotatable bonds is 7. The molecule has 0 heterocycles. The summed E-state index contributed by atoms with van der Waals surface area (Å²) in [5.41, 5.74) is 0. The summed E-state index contributed by atoms with van der Waals surface area (Å²) in [6.07, 6.45) is 7.65. The molecule has 2 atom stereocenters. The third kappa shape index (κ3) is 5.23. The lowest BCUT2D eigenvalue weighted by Gasteiger charge is -2.32. The highest BCUT2D eigenvalue weighted by molar-refractivity contribution is 7.99. The van der Waals surface area contributed by atoms with Crippen molar-refractivity contribution in [3.05, 3.63) is 0 Å². The molecule has 0 amide bonds. The molecule has 1 aliphatic rings. The fraction of sp³-hybridized carbons (Fsp3) is 1.00. The van der Waals surface area contributed by atoms with Crippen LogP contribution in [-0.2, 0) is 0 Å². The lowest BCUT2D eigenvalue weighted by molar-refractivity contribution is 0.296. The van der Waals surface area contributed by atoms with Crippen molar-refractivity contribution in [3.63, 3.8) is 0 Å². The molecule has 1 aliphatic carbocycles. The molecule has 15 heavy (non-hydrogen) atoms. The maximum atomic E-state index is 8.77. The van der Waals surface area contributed by atoms with E-state index >= 15 is 0 Å². The van der Waals surface area contributed by atoms with Gasteiger partial charge in [0.05, 0.1) is 0 Å². The second-order valence-corrected chi connectivity index (χ2v) is 5.68. The van der Waals surface area contributed by atoms with Gasteiger partial charge in [0.2, 0.25) is 0 Å². The molecule has 90 valence electrons. The molecule has 1 rings (SSSR count). The molecule has 0 spiro atoms. The van der Waals surface area contributed by atoms with Crippen LogP contribution < -0.4 is 5.32 Å². The van der Waals surface area contributed by atoms with Gasteiger partial charge in [0.25, 0.3) is 0 Å². The minimum Gasteiger partial charge on any atom is -0.396 e. The Morgan fingerprint density at radius 3 is 2.87 bits per heavy atom. The van der Waals surface area contributed by atoms with Crippen molar-refractivity contribution in [2.24, 2.45) is 0 Å². The average Bonchev–Trinajstić information content (AvgIpc) is 2.28. The average molecular weight is 231 g/mol. The van der Waals surface area contributed by atoms with Gasteiger partial charge < -0.3 is 10.4 Å². The number of nitrogens with one attached hydrogen (secondary N) is 1. The van der Waals surface area contributed by atoms with Gasteiger partial charge >= 0.3 is 0 Å². The van der Waals surface area contributed by atoms with E-state index in [4.69, 9.17) is 5.11 Å². The largest absolute Gasteiger partial charge is 0.396 e. The number of hydrogen-bond acceptors (Lipinski definition) is 3. The number of thioether (sulfide) groups is 1. The Bertz CT molecular complexity index is 155. The van der Waals surface area contributed by atoms with Crippen LogP contribution in [0.25, 0.3) is 0 Å². The monoisotopic (exact) mass is 231 g/mol. The van der Waals surface area contributed by atoms with E-state index in [2.05, 4.69) is 24.0 Å². The molecule has 0 aromatic carbocycles. The van der Waals surface area contributed by atoms with Gasteiger partial charge in [-0.1, -0.05) is 19.8 Å². The van der Waals surface area contributed by atoms with Gasteiger partial charge in [-0.15, -0.1) is 0 Å². The molecule has 0 aliphatic heterocycles. The van der Waals surface area contributed by atoms with E-state index in [1.807, 2.05) is 0 Å². The maximum Gasteiger partial charge on any atom is 0.0438 e. The summed E-state index contributed by atoms with van der Waals surface area (Å²) in [7, 11) is 0. The minimum absolute atomic E-state index is 0.340. The summed E-state index contributed by atoms with van der Waals surface area (Å²) in [5.74, 6) is 1.12. The van der Waals surface area contributed by atoms with Crippen molar-refractivity contribution >= 4 is 11.8 Å². The summed E-state index contributed by atoms with van der Waals surface area (Å²) in [6, 6.07) is 0.724. The summed E-state index contributed by atoms with van der Waals surface area (Å²) in [5, 5.41) is 13.2. The number of aliphatic hydroxyl groups is 1. The highest BCUT2D eigenvalue weighted by Crippen LogP contribution is 2.29. The first-order chi connectivity index (χ1) is 7.38. The van der Waals surface area contributed by atoms with E-state index in [0.29, 0.717) is 6.61 Å².